The summed E-state index contributed by atoms with van der Waals surface area (Å²) in [6.07, 6.45) is 4.65. The van der Waals surface area contributed by atoms with Gasteiger partial charge in [-0.2, -0.15) is 0 Å². The van der Waals surface area contributed by atoms with Gasteiger partial charge in [0.15, 0.2) is 0 Å². The molecule has 1 aliphatic rings. The standard InChI is InChI=1S/C10H19Cl3Si/c1-8(2)9-4-6-10(3,7-5-9)14(11,12)13/h8-9H,4-7H2,1-3H3. The van der Waals surface area contributed by atoms with Gasteiger partial charge in [0.2, 0.25) is 0 Å². The zero-order valence-electron chi connectivity index (χ0n) is 9.12. The van der Waals surface area contributed by atoms with E-state index in [1.165, 1.54) is 12.8 Å². The van der Waals surface area contributed by atoms with Gasteiger partial charge in [0, 0.05) is 5.04 Å². The van der Waals surface area contributed by atoms with Crippen molar-refractivity contribution in [2.75, 3.05) is 0 Å². The van der Waals surface area contributed by atoms with Crippen LogP contribution in [0, 0.1) is 11.8 Å². The van der Waals surface area contributed by atoms with E-state index in [2.05, 4.69) is 20.8 Å². The Morgan fingerprint density at radius 1 is 1.14 bits per heavy atom. The summed E-state index contributed by atoms with van der Waals surface area (Å²) in [5.41, 5.74) is 0. The Morgan fingerprint density at radius 3 is 1.86 bits per heavy atom. The molecule has 4 heteroatoms. The highest BCUT2D eigenvalue weighted by Gasteiger charge is 2.49. The van der Waals surface area contributed by atoms with Crippen LogP contribution >= 0.6 is 33.2 Å². The van der Waals surface area contributed by atoms with E-state index >= 15 is 0 Å². The summed E-state index contributed by atoms with van der Waals surface area (Å²) in [6.45, 7) is 6.74. The van der Waals surface area contributed by atoms with Gasteiger partial charge < -0.3 is 0 Å². The van der Waals surface area contributed by atoms with Gasteiger partial charge in [0.1, 0.15) is 0 Å². The fraction of sp³-hybridized carbons (Fsp3) is 1.00. The average molecular weight is 274 g/mol. The molecule has 14 heavy (non-hydrogen) atoms. The van der Waals surface area contributed by atoms with Crippen molar-refractivity contribution >= 4 is 39.2 Å². The molecule has 0 N–H and O–H groups in total. The van der Waals surface area contributed by atoms with E-state index < -0.39 is 6.00 Å². The molecule has 0 saturated heterocycles. The third-order valence-electron chi connectivity index (χ3n) is 3.76. The molecule has 1 fully saturated rings. The number of hydrogen-bond acceptors (Lipinski definition) is 0. The summed E-state index contributed by atoms with van der Waals surface area (Å²) in [5, 5.41) is 0.0169. The van der Waals surface area contributed by atoms with Crippen molar-refractivity contribution < 1.29 is 0 Å². The molecule has 0 atom stereocenters. The first-order chi connectivity index (χ1) is 6.26. The van der Waals surface area contributed by atoms with Crippen LogP contribution in [0.2, 0.25) is 5.04 Å². The maximum Gasteiger partial charge on any atom is 0.346 e. The highest BCUT2D eigenvalue weighted by Crippen LogP contribution is 2.56. The van der Waals surface area contributed by atoms with Crippen LogP contribution < -0.4 is 0 Å². The summed E-state index contributed by atoms with van der Waals surface area (Å²) in [4.78, 5) is 0. The molecule has 0 aromatic rings. The van der Waals surface area contributed by atoms with Crippen molar-refractivity contribution in [3.63, 3.8) is 0 Å². The van der Waals surface area contributed by atoms with Gasteiger partial charge in [-0.1, -0.05) is 20.8 Å². The van der Waals surface area contributed by atoms with Crippen LogP contribution in [-0.4, -0.2) is 6.00 Å². The van der Waals surface area contributed by atoms with Crippen LogP contribution in [0.5, 0.6) is 0 Å². The molecule has 0 heterocycles. The third kappa shape index (κ3) is 2.81. The van der Waals surface area contributed by atoms with Gasteiger partial charge in [-0.05, 0) is 37.5 Å². The summed E-state index contributed by atoms with van der Waals surface area (Å²) in [6, 6.07) is -2.53. The molecule has 1 rings (SSSR count). The molecule has 84 valence electrons. The smallest absolute Gasteiger partial charge is 0.125 e. The molecule has 0 aromatic heterocycles. The average Bonchev–Trinajstić information content (AvgIpc) is 2.03. The molecule has 0 radical (unpaired) electrons. The van der Waals surface area contributed by atoms with E-state index in [1.807, 2.05) is 0 Å². The highest BCUT2D eigenvalue weighted by atomic mass is 35.8. The Bertz CT molecular complexity index is 190. The molecule has 0 aromatic carbocycles. The maximum atomic E-state index is 6.15. The molecule has 0 aliphatic heterocycles. The zero-order valence-corrected chi connectivity index (χ0v) is 12.4. The van der Waals surface area contributed by atoms with Crippen molar-refractivity contribution in [2.24, 2.45) is 11.8 Å². The van der Waals surface area contributed by atoms with Gasteiger partial charge in [0.25, 0.3) is 0 Å². The van der Waals surface area contributed by atoms with Crippen molar-refractivity contribution in [2.45, 2.75) is 51.5 Å². The van der Waals surface area contributed by atoms with Crippen LogP contribution in [-0.2, 0) is 0 Å². The van der Waals surface area contributed by atoms with Gasteiger partial charge in [0.05, 0.1) is 0 Å². The van der Waals surface area contributed by atoms with Crippen molar-refractivity contribution in [3.05, 3.63) is 0 Å². The minimum Gasteiger partial charge on any atom is -0.125 e. The maximum absolute atomic E-state index is 6.15. The van der Waals surface area contributed by atoms with E-state index in [0.717, 1.165) is 24.7 Å². The number of halogens is 3. The lowest BCUT2D eigenvalue weighted by Crippen LogP contribution is -2.35. The molecule has 0 nitrogen and oxygen atoms in total. The normalized spacial score (nSPS) is 34.9. The monoisotopic (exact) mass is 272 g/mol. The fourth-order valence-corrected chi connectivity index (χ4v) is 4.78. The summed E-state index contributed by atoms with van der Waals surface area (Å²) in [5.74, 6) is 1.61. The minimum atomic E-state index is -2.53. The Morgan fingerprint density at radius 2 is 1.57 bits per heavy atom. The Balaban J connectivity index is 2.58. The van der Waals surface area contributed by atoms with Gasteiger partial charge in [-0.15, -0.1) is 33.2 Å². The lowest BCUT2D eigenvalue weighted by Gasteiger charge is -2.41. The topological polar surface area (TPSA) is 0 Å². The van der Waals surface area contributed by atoms with E-state index in [0.29, 0.717) is 0 Å². The van der Waals surface area contributed by atoms with Gasteiger partial charge >= 0.3 is 6.00 Å². The molecule has 0 unspecified atom stereocenters. The first-order valence-electron chi connectivity index (χ1n) is 5.33. The number of rotatable bonds is 2. The van der Waals surface area contributed by atoms with Crippen molar-refractivity contribution in [1.82, 2.24) is 0 Å². The van der Waals surface area contributed by atoms with Crippen molar-refractivity contribution in [3.8, 4) is 0 Å². The summed E-state index contributed by atoms with van der Waals surface area (Å²) >= 11 is 18.5. The SMILES string of the molecule is CC(C)C1CCC(C)([Si](Cl)(Cl)Cl)CC1. The van der Waals surface area contributed by atoms with Gasteiger partial charge in [-0.25, -0.2) is 0 Å². The minimum absolute atomic E-state index is 0.0169. The van der Waals surface area contributed by atoms with E-state index in [9.17, 15) is 0 Å². The van der Waals surface area contributed by atoms with Crippen molar-refractivity contribution in [1.29, 1.82) is 0 Å². The summed E-state index contributed by atoms with van der Waals surface area (Å²) in [7, 11) is 0. The van der Waals surface area contributed by atoms with Gasteiger partial charge in [-0.3, -0.25) is 0 Å². The zero-order chi connectivity index (χ0) is 11.0. The molecule has 0 amide bonds. The number of hydrogen-bond donors (Lipinski definition) is 0. The van der Waals surface area contributed by atoms with Crippen LogP contribution in [0.3, 0.4) is 0 Å². The van der Waals surface area contributed by atoms with Crippen LogP contribution in [0.4, 0.5) is 0 Å². The van der Waals surface area contributed by atoms with Crippen LogP contribution in [0.1, 0.15) is 46.5 Å². The molecule has 1 saturated carbocycles. The first-order valence-corrected chi connectivity index (χ1v) is 10.4. The second kappa shape index (κ2) is 4.53. The third-order valence-corrected chi connectivity index (χ3v) is 9.74. The Hall–Kier alpha value is 1.09. The largest absolute Gasteiger partial charge is 0.346 e. The fourth-order valence-electron chi connectivity index (χ4n) is 2.23. The second-order valence-corrected chi connectivity index (χ2v) is 14.2. The Kier molecular flexibility index (Phi) is 4.25. The first kappa shape index (κ1) is 13.2. The predicted octanol–water partition coefficient (Wildman–Crippen LogP) is 5.25. The quantitative estimate of drug-likeness (QED) is 0.476. The highest BCUT2D eigenvalue weighted by molar-refractivity contribution is 7.65. The second-order valence-electron chi connectivity index (χ2n) is 5.14. The van der Waals surface area contributed by atoms with E-state index in [1.54, 1.807) is 0 Å². The molecular formula is C10H19Cl3Si. The van der Waals surface area contributed by atoms with Crippen LogP contribution in [0.15, 0.2) is 0 Å². The summed E-state index contributed by atoms with van der Waals surface area (Å²) < 4.78 is 0. The molecular weight excluding hydrogens is 255 g/mol. The van der Waals surface area contributed by atoms with E-state index in [-0.39, 0.29) is 5.04 Å². The van der Waals surface area contributed by atoms with Crippen LogP contribution in [0.25, 0.3) is 0 Å². The lowest BCUT2D eigenvalue weighted by molar-refractivity contribution is 0.241. The molecule has 0 spiro atoms. The van der Waals surface area contributed by atoms with E-state index in [4.69, 9.17) is 33.2 Å². The lowest BCUT2D eigenvalue weighted by atomic mass is 9.77. The molecule has 1 aliphatic carbocycles. The molecule has 0 bridgehead atoms. The predicted molar refractivity (Wildman–Crippen MR) is 68.5 cm³/mol. The Labute approximate surface area is 102 Å².